The number of aliphatic hydroxyl groups is 1. The van der Waals surface area contributed by atoms with Crippen LogP contribution in [0.3, 0.4) is 0 Å². The van der Waals surface area contributed by atoms with Crippen molar-refractivity contribution in [3.63, 3.8) is 0 Å². The Kier molecular flexibility index (Phi) is 4.30. The molecular weight excluding hydrogens is 276 g/mol. The molecule has 0 aliphatic carbocycles. The smallest absolute Gasteiger partial charge is 0.147 e. The lowest BCUT2D eigenvalue weighted by Crippen LogP contribution is -2.08. The highest BCUT2D eigenvalue weighted by molar-refractivity contribution is 7.90. The van der Waals surface area contributed by atoms with Crippen LogP contribution in [0.25, 0.3) is 10.8 Å². The third-order valence-electron chi connectivity index (χ3n) is 3.26. The van der Waals surface area contributed by atoms with Gasteiger partial charge in [0.2, 0.25) is 0 Å². The van der Waals surface area contributed by atoms with Gasteiger partial charge in [0.05, 0.1) is 19.0 Å². The van der Waals surface area contributed by atoms with Crippen molar-refractivity contribution >= 4 is 20.6 Å². The van der Waals surface area contributed by atoms with Crippen molar-refractivity contribution in [3.05, 3.63) is 42.0 Å². The first-order chi connectivity index (χ1) is 9.42. The molecular formula is C15H18O4S. The summed E-state index contributed by atoms with van der Waals surface area (Å²) in [4.78, 5) is 0. The van der Waals surface area contributed by atoms with Crippen LogP contribution < -0.4 is 4.74 Å². The quantitative estimate of drug-likeness (QED) is 0.919. The van der Waals surface area contributed by atoms with Gasteiger partial charge in [-0.05, 0) is 23.4 Å². The normalized spacial score (nSPS) is 13.3. The molecule has 0 aliphatic rings. The van der Waals surface area contributed by atoms with Crippen LogP contribution in [0.2, 0.25) is 0 Å². The van der Waals surface area contributed by atoms with Gasteiger partial charge >= 0.3 is 0 Å². The van der Waals surface area contributed by atoms with Gasteiger partial charge in [0.25, 0.3) is 0 Å². The van der Waals surface area contributed by atoms with Gasteiger partial charge in [0.15, 0.2) is 0 Å². The van der Waals surface area contributed by atoms with Crippen molar-refractivity contribution in [2.45, 2.75) is 12.5 Å². The fourth-order valence-corrected chi connectivity index (χ4v) is 2.90. The Morgan fingerprint density at radius 1 is 1.15 bits per heavy atom. The second-order valence-electron chi connectivity index (χ2n) is 4.84. The van der Waals surface area contributed by atoms with Crippen molar-refractivity contribution in [3.8, 4) is 5.75 Å². The summed E-state index contributed by atoms with van der Waals surface area (Å²) in [5.74, 6) is 0.703. The van der Waals surface area contributed by atoms with Gasteiger partial charge in [0, 0.05) is 11.6 Å². The van der Waals surface area contributed by atoms with Gasteiger partial charge in [-0.15, -0.1) is 0 Å². The molecule has 4 nitrogen and oxygen atoms in total. The summed E-state index contributed by atoms with van der Waals surface area (Å²) >= 11 is 0. The number of methoxy groups -OCH3 is 1. The van der Waals surface area contributed by atoms with E-state index in [1.807, 2.05) is 24.3 Å². The van der Waals surface area contributed by atoms with E-state index in [1.54, 1.807) is 19.2 Å². The minimum Gasteiger partial charge on any atom is -0.496 e. The minimum absolute atomic E-state index is 0.0332. The fraction of sp³-hybridized carbons (Fsp3) is 0.333. The van der Waals surface area contributed by atoms with Crippen LogP contribution in [-0.2, 0) is 9.84 Å². The molecule has 0 aliphatic heterocycles. The topological polar surface area (TPSA) is 63.6 Å². The summed E-state index contributed by atoms with van der Waals surface area (Å²) in [6, 6.07) is 11.2. The zero-order valence-electron chi connectivity index (χ0n) is 11.5. The van der Waals surface area contributed by atoms with E-state index in [1.165, 1.54) is 6.26 Å². The number of hydrogen-bond acceptors (Lipinski definition) is 4. The van der Waals surface area contributed by atoms with E-state index in [-0.39, 0.29) is 12.2 Å². The first-order valence-corrected chi connectivity index (χ1v) is 8.40. The van der Waals surface area contributed by atoms with E-state index in [0.29, 0.717) is 0 Å². The van der Waals surface area contributed by atoms with Crippen molar-refractivity contribution in [1.82, 2.24) is 0 Å². The van der Waals surface area contributed by atoms with Crippen LogP contribution in [-0.4, -0.2) is 32.6 Å². The molecule has 0 spiro atoms. The molecule has 0 amide bonds. The summed E-state index contributed by atoms with van der Waals surface area (Å²) in [6.45, 7) is 0. The van der Waals surface area contributed by atoms with Crippen molar-refractivity contribution in [2.75, 3.05) is 19.1 Å². The lowest BCUT2D eigenvalue weighted by atomic mass is 9.98. The van der Waals surface area contributed by atoms with E-state index >= 15 is 0 Å². The maximum absolute atomic E-state index is 11.2. The molecule has 0 radical (unpaired) electrons. The SMILES string of the molecule is COc1ccc(C(O)CCS(C)(=O)=O)c2ccccc12. The van der Waals surface area contributed by atoms with Gasteiger partial charge in [-0.1, -0.05) is 30.3 Å². The monoisotopic (exact) mass is 294 g/mol. The highest BCUT2D eigenvalue weighted by Gasteiger charge is 2.15. The first kappa shape index (κ1) is 14.8. The van der Waals surface area contributed by atoms with Crippen LogP contribution in [0.4, 0.5) is 0 Å². The third kappa shape index (κ3) is 3.29. The number of fused-ring (bicyclic) bond motifs is 1. The van der Waals surface area contributed by atoms with Gasteiger partial charge in [0.1, 0.15) is 15.6 Å². The molecule has 2 aromatic rings. The average Bonchev–Trinajstić information content (AvgIpc) is 2.42. The molecule has 5 heteroatoms. The summed E-state index contributed by atoms with van der Waals surface area (Å²) in [6.07, 6.45) is 0.557. The molecule has 1 atom stereocenters. The Bertz CT molecular complexity index is 707. The number of ether oxygens (including phenoxy) is 1. The van der Waals surface area contributed by atoms with Gasteiger partial charge < -0.3 is 9.84 Å². The molecule has 0 aromatic heterocycles. The summed E-state index contributed by atoms with van der Waals surface area (Å²) in [5, 5.41) is 12.0. The van der Waals surface area contributed by atoms with E-state index in [0.717, 1.165) is 22.1 Å². The van der Waals surface area contributed by atoms with Crippen LogP contribution in [0.15, 0.2) is 36.4 Å². The number of benzene rings is 2. The molecule has 1 N–H and O–H groups in total. The molecule has 0 saturated carbocycles. The summed E-state index contributed by atoms with van der Waals surface area (Å²) in [7, 11) is -1.48. The fourth-order valence-electron chi connectivity index (χ4n) is 2.24. The Morgan fingerprint density at radius 3 is 2.40 bits per heavy atom. The second-order valence-corrected chi connectivity index (χ2v) is 7.10. The van der Waals surface area contributed by atoms with E-state index in [4.69, 9.17) is 4.74 Å². The van der Waals surface area contributed by atoms with Crippen molar-refractivity contribution in [1.29, 1.82) is 0 Å². The molecule has 20 heavy (non-hydrogen) atoms. The molecule has 1 unspecified atom stereocenters. The molecule has 108 valence electrons. The standard InChI is InChI=1S/C15H18O4S/c1-19-15-8-7-12(11-5-3-4-6-13(11)15)14(16)9-10-20(2,17)18/h3-8,14,16H,9-10H2,1-2H3. The maximum Gasteiger partial charge on any atom is 0.147 e. The lowest BCUT2D eigenvalue weighted by molar-refractivity contribution is 0.176. The average molecular weight is 294 g/mol. The van der Waals surface area contributed by atoms with Crippen LogP contribution in [0.5, 0.6) is 5.75 Å². The van der Waals surface area contributed by atoms with Crippen LogP contribution in [0.1, 0.15) is 18.1 Å². The Hall–Kier alpha value is -1.59. The Balaban J connectivity index is 2.40. The number of rotatable bonds is 5. The summed E-state index contributed by atoms with van der Waals surface area (Å²) < 4.78 is 27.7. The Morgan fingerprint density at radius 2 is 1.80 bits per heavy atom. The molecule has 0 saturated heterocycles. The zero-order valence-corrected chi connectivity index (χ0v) is 12.4. The van der Waals surface area contributed by atoms with Crippen LogP contribution in [0, 0.1) is 0 Å². The minimum atomic E-state index is -3.08. The summed E-state index contributed by atoms with van der Waals surface area (Å²) in [5.41, 5.74) is 0.727. The predicted octanol–water partition coefficient (Wildman–Crippen LogP) is 2.32. The predicted molar refractivity (Wildman–Crippen MR) is 79.8 cm³/mol. The molecule has 0 fully saturated rings. The van der Waals surface area contributed by atoms with Gasteiger partial charge in [-0.25, -0.2) is 8.42 Å². The Labute approximate surface area is 118 Å². The second kappa shape index (κ2) is 5.81. The highest BCUT2D eigenvalue weighted by atomic mass is 32.2. The molecule has 2 rings (SSSR count). The molecule has 2 aromatic carbocycles. The first-order valence-electron chi connectivity index (χ1n) is 6.34. The van der Waals surface area contributed by atoms with E-state index in [2.05, 4.69) is 0 Å². The number of sulfone groups is 1. The van der Waals surface area contributed by atoms with Crippen molar-refractivity contribution in [2.24, 2.45) is 0 Å². The van der Waals surface area contributed by atoms with Crippen LogP contribution >= 0.6 is 0 Å². The largest absolute Gasteiger partial charge is 0.496 e. The molecule has 0 heterocycles. The zero-order chi connectivity index (χ0) is 14.8. The van der Waals surface area contributed by atoms with Crippen molar-refractivity contribution < 1.29 is 18.3 Å². The van der Waals surface area contributed by atoms with E-state index in [9.17, 15) is 13.5 Å². The van der Waals surface area contributed by atoms with Gasteiger partial charge in [-0.2, -0.15) is 0 Å². The van der Waals surface area contributed by atoms with Gasteiger partial charge in [-0.3, -0.25) is 0 Å². The highest BCUT2D eigenvalue weighted by Crippen LogP contribution is 2.32. The number of aliphatic hydroxyl groups excluding tert-OH is 1. The third-order valence-corrected chi connectivity index (χ3v) is 4.24. The molecule has 0 bridgehead atoms. The maximum atomic E-state index is 11.2. The van der Waals surface area contributed by atoms with E-state index < -0.39 is 15.9 Å². The number of hydrogen-bond donors (Lipinski definition) is 1. The lowest BCUT2D eigenvalue weighted by Gasteiger charge is -2.15.